The molecule has 0 atom stereocenters. The van der Waals surface area contributed by atoms with Crippen molar-refractivity contribution in [1.29, 1.82) is 0 Å². The Balaban J connectivity index is 2.06. The summed E-state index contributed by atoms with van der Waals surface area (Å²) < 4.78 is 5.17. The Hall–Kier alpha value is -2.23. The molecule has 0 saturated heterocycles. The van der Waals surface area contributed by atoms with Crippen molar-refractivity contribution in [3.8, 4) is 5.75 Å². The Labute approximate surface area is 120 Å². The lowest BCUT2D eigenvalue weighted by Crippen LogP contribution is -2.16. The molecule has 1 aromatic heterocycles. The molecule has 1 aromatic carbocycles. The molecule has 0 aliphatic carbocycles. The normalized spacial score (nSPS) is 10.2. The highest BCUT2D eigenvalue weighted by atomic mass is 16.5. The van der Waals surface area contributed by atoms with Gasteiger partial charge in [-0.05, 0) is 48.9 Å². The van der Waals surface area contributed by atoms with Crippen LogP contribution in [-0.4, -0.2) is 25.7 Å². The third-order valence-corrected chi connectivity index (χ3v) is 3.12. The Bertz CT molecular complexity index is 540. The first-order valence-corrected chi connectivity index (χ1v) is 6.77. The molecule has 0 unspecified atom stereocenters. The number of ether oxygens (including phenoxy) is 1. The predicted molar refractivity (Wildman–Crippen MR) is 83.5 cm³/mol. The molecule has 0 spiro atoms. The van der Waals surface area contributed by atoms with Gasteiger partial charge in [0, 0.05) is 32.0 Å². The van der Waals surface area contributed by atoms with Gasteiger partial charge in [0.25, 0.3) is 0 Å². The first-order valence-electron chi connectivity index (χ1n) is 6.77. The third kappa shape index (κ3) is 3.63. The number of aromatic nitrogens is 1. The highest BCUT2D eigenvalue weighted by molar-refractivity contribution is 5.49. The zero-order valence-corrected chi connectivity index (χ0v) is 12.3. The third-order valence-electron chi connectivity index (χ3n) is 3.12. The van der Waals surface area contributed by atoms with Gasteiger partial charge < -0.3 is 15.0 Å². The van der Waals surface area contributed by atoms with E-state index in [1.165, 1.54) is 5.56 Å². The van der Waals surface area contributed by atoms with Crippen LogP contribution in [0, 0.1) is 0 Å². The smallest absolute Gasteiger partial charge is 0.126 e. The van der Waals surface area contributed by atoms with Crippen molar-refractivity contribution in [1.82, 2.24) is 4.98 Å². The SMILES string of the molecule is CCNc1cc(CN(C)c2ccc(OC)cc2)ccn1. The fourth-order valence-electron chi connectivity index (χ4n) is 2.05. The van der Waals surface area contributed by atoms with Gasteiger partial charge in [-0.25, -0.2) is 4.98 Å². The molecular weight excluding hydrogens is 250 g/mol. The van der Waals surface area contributed by atoms with Crippen LogP contribution in [0.25, 0.3) is 0 Å². The maximum atomic E-state index is 5.17. The number of nitrogens with zero attached hydrogens (tertiary/aromatic N) is 2. The van der Waals surface area contributed by atoms with E-state index in [1.54, 1.807) is 7.11 Å². The standard InChI is InChI=1S/C16H21N3O/c1-4-17-16-11-13(9-10-18-16)12-19(2)14-5-7-15(20-3)8-6-14/h5-11H,4,12H2,1-3H3,(H,17,18). The van der Waals surface area contributed by atoms with Gasteiger partial charge in [0.2, 0.25) is 0 Å². The largest absolute Gasteiger partial charge is 0.497 e. The molecule has 0 aliphatic heterocycles. The average molecular weight is 271 g/mol. The van der Waals surface area contributed by atoms with Crippen LogP contribution in [0.1, 0.15) is 12.5 Å². The summed E-state index contributed by atoms with van der Waals surface area (Å²) in [6.07, 6.45) is 1.84. The van der Waals surface area contributed by atoms with Crippen molar-refractivity contribution >= 4 is 11.5 Å². The number of nitrogens with one attached hydrogen (secondary N) is 1. The van der Waals surface area contributed by atoms with E-state index in [0.29, 0.717) is 0 Å². The number of anilines is 2. The fourth-order valence-corrected chi connectivity index (χ4v) is 2.05. The number of methoxy groups -OCH3 is 1. The summed E-state index contributed by atoms with van der Waals surface area (Å²) in [7, 11) is 3.76. The Kier molecular flexibility index (Phi) is 4.82. The van der Waals surface area contributed by atoms with Crippen LogP contribution in [0.3, 0.4) is 0 Å². The zero-order valence-electron chi connectivity index (χ0n) is 12.3. The molecule has 2 rings (SSSR count). The van der Waals surface area contributed by atoms with Crippen molar-refractivity contribution < 1.29 is 4.74 Å². The first-order chi connectivity index (χ1) is 9.72. The number of hydrogen-bond acceptors (Lipinski definition) is 4. The van der Waals surface area contributed by atoms with E-state index in [0.717, 1.165) is 30.3 Å². The molecule has 0 amide bonds. The van der Waals surface area contributed by atoms with Crippen LogP contribution in [0.2, 0.25) is 0 Å². The zero-order chi connectivity index (χ0) is 14.4. The number of rotatable bonds is 6. The lowest BCUT2D eigenvalue weighted by atomic mass is 10.2. The molecule has 0 aliphatic rings. The van der Waals surface area contributed by atoms with Gasteiger partial charge >= 0.3 is 0 Å². The van der Waals surface area contributed by atoms with Crippen molar-refractivity contribution in [3.05, 3.63) is 48.2 Å². The molecule has 0 radical (unpaired) electrons. The van der Waals surface area contributed by atoms with E-state index >= 15 is 0 Å². The summed E-state index contributed by atoms with van der Waals surface area (Å²) in [5.41, 5.74) is 2.39. The second-order valence-corrected chi connectivity index (χ2v) is 4.63. The highest BCUT2D eigenvalue weighted by Crippen LogP contribution is 2.20. The van der Waals surface area contributed by atoms with E-state index in [1.807, 2.05) is 24.4 Å². The average Bonchev–Trinajstić information content (AvgIpc) is 2.48. The number of hydrogen-bond donors (Lipinski definition) is 1. The van der Waals surface area contributed by atoms with Crippen LogP contribution in [-0.2, 0) is 6.54 Å². The van der Waals surface area contributed by atoms with Crippen LogP contribution in [0.5, 0.6) is 5.75 Å². The number of benzene rings is 1. The molecule has 1 heterocycles. The van der Waals surface area contributed by atoms with E-state index in [9.17, 15) is 0 Å². The summed E-state index contributed by atoms with van der Waals surface area (Å²) in [6, 6.07) is 12.2. The van der Waals surface area contributed by atoms with Gasteiger partial charge in [-0.3, -0.25) is 0 Å². The summed E-state index contributed by atoms with van der Waals surface area (Å²) in [5, 5.41) is 3.23. The molecule has 106 valence electrons. The molecule has 2 aromatic rings. The Morgan fingerprint density at radius 2 is 1.95 bits per heavy atom. The van der Waals surface area contributed by atoms with E-state index in [4.69, 9.17) is 4.74 Å². The van der Waals surface area contributed by atoms with Gasteiger partial charge in [0.05, 0.1) is 7.11 Å². The van der Waals surface area contributed by atoms with Crippen molar-refractivity contribution in [3.63, 3.8) is 0 Å². The second-order valence-electron chi connectivity index (χ2n) is 4.63. The summed E-state index contributed by atoms with van der Waals surface area (Å²) >= 11 is 0. The van der Waals surface area contributed by atoms with E-state index < -0.39 is 0 Å². The fraction of sp³-hybridized carbons (Fsp3) is 0.312. The quantitative estimate of drug-likeness (QED) is 0.875. The van der Waals surface area contributed by atoms with E-state index in [-0.39, 0.29) is 0 Å². The topological polar surface area (TPSA) is 37.4 Å². The maximum Gasteiger partial charge on any atom is 0.126 e. The molecule has 0 saturated carbocycles. The van der Waals surface area contributed by atoms with Gasteiger partial charge in [-0.15, -0.1) is 0 Å². The molecule has 20 heavy (non-hydrogen) atoms. The monoisotopic (exact) mass is 271 g/mol. The summed E-state index contributed by atoms with van der Waals surface area (Å²) in [5.74, 6) is 1.80. The van der Waals surface area contributed by atoms with Crippen LogP contribution in [0.15, 0.2) is 42.6 Å². The van der Waals surface area contributed by atoms with Crippen molar-refractivity contribution in [2.24, 2.45) is 0 Å². The van der Waals surface area contributed by atoms with Crippen LogP contribution < -0.4 is 15.0 Å². The van der Waals surface area contributed by atoms with Crippen LogP contribution >= 0.6 is 0 Å². The molecule has 0 bridgehead atoms. The minimum Gasteiger partial charge on any atom is -0.497 e. The Morgan fingerprint density at radius 3 is 2.60 bits per heavy atom. The minimum absolute atomic E-state index is 0.841. The molecule has 4 heteroatoms. The van der Waals surface area contributed by atoms with Gasteiger partial charge in [-0.1, -0.05) is 0 Å². The second kappa shape index (κ2) is 6.80. The molecule has 4 nitrogen and oxygen atoms in total. The van der Waals surface area contributed by atoms with E-state index in [2.05, 4.69) is 47.4 Å². The molecule has 0 fully saturated rings. The number of pyridine rings is 1. The first kappa shape index (κ1) is 14.2. The van der Waals surface area contributed by atoms with Crippen molar-refractivity contribution in [2.75, 3.05) is 30.9 Å². The predicted octanol–water partition coefficient (Wildman–Crippen LogP) is 3.16. The lowest BCUT2D eigenvalue weighted by molar-refractivity contribution is 0.415. The van der Waals surface area contributed by atoms with Gasteiger partial charge in [-0.2, -0.15) is 0 Å². The lowest BCUT2D eigenvalue weighted by Gasteiger charge is -2.20. The highest BCUT2D eigenvalue weighted by Gasteiger charge is 2.03. The molecule has 1 N–H and O–H groups in total. The van der Waals surface area contributed by atoms with Gasteiger partial charge in [0.15, 0.2) is 0 Å². The minimum atomic E-state index is 0.841. The summed E-state index contributed by atoms with van der Waals surface area (Å²) in [6.45, 7) is 3.79. The van der Waals surface area contributed by atoms with Crippen molar-refractivity contribution in [2.45, 2.75) is 13.5 Å². The van der Waals surface area contributed by atoms with Crippen LogP contribution in [0.4, 0.5) is 11.5 Å². The maximum absolute atomic E-state index is 5.17. The molecular formula is C16H21N3O. The van der Waals surface area contributed by atoms with Gasteiger partial charge in [0.1, 0.15) is 11.6 Å². The summed E-state index contributed by atoms with van der Waals surface area (Å²) in [4.78, 5) is 6.48. The Morgan fingerprint density at radius 1 is 1.20 bits per heavy atom.